The molecule has 0 aliphatic heterocycles. The maximum absolute atomic E-state index is 5.43. The second-order valence-corrected chi connectivity index (χ2v) is 10.8. The van der Waals surface area contributed by atoms with E-state index in [0.29, 0.717) is 0 Å². The molecule has 0 aromatic heterocycles. The molecular weight excluding hydrogens is 240 g/mol. The van der Waals surface area contributed by atoms with Crippen molar-refractivity contribution in [2.24, 2.45) is 0 Å². The van der Waals surface area contributed by atoms with Crippen molar-refractivity contribution in [2.45, 2.75) is 19.6 Å². The van der Waals surface area contributed by atoms with Crippen molar-refractivity contribution < 1.29 is 16.5 Å². The highest BCUT2D eigenvalue weighted by atomic mass is 28.4. The lowest BCUT2D eigenvalue weighted by atomic mass is 11.8. The van der Waals surface area contributed by atoms with E-state index >= 15 is 0 Å². The Balaban J connectivity index is 3.01. The van der Waals surface area contributed by atoms with Gasteiger partial charge in [0.25, 0.3) is 0 Å². The van der Waals surface area contributed by atoms with E-state index in [9.17, 15) is 0 Å². The van der Waals surface area contributed by atoms with Crippen LogP contribution in [0.4, 0.5) is 0 Å². The lowest BCUT2D eigenvalue weighted by molar-refractivity contribution is 0.401. The van der Waals surface area contributed by atoms with Crippen LogP contribution in [0.3, 0.4) is 0 Å². The van der Waals surface area contributed by atoms with Crippen LogP contribution in [0.2, 0.25) is 19.6 Å². The van der Waals surface area contributed by atoms with E-state index < -0.39 is 8.32 Å². The van der Waals surface area contributed by atoms with Crippen molar-refractivity contribution >= 4 is 48.8 Å². The first kappa shape index (κ1) is 12.9. The first-order valence-corrected chi connectivity index (χ1v) is 9.40. The van der Waals surface area contributed by atoms with Crippen molar-refractivity contribution in [2.75, 3.05) is 0 Å². The fraction of sp³-hybridized carbons (Fsp3) is 1.00. The van der Waals surface area contributed by atoms with Crippen LogP contribution < -0.4 is 0 Å². The van der Waals surface area contributed by atoms with Crippen LogP contribution in [0.15, 0.2) is 0 Å². The molecule has 0 unspecified atom stereocenters. The summed E-state index contributed by atoms with van der Waals surface area (Å²) in [6.07, 6.45) is 0. The second kappa shape index (κ2) is 7.34. The van der Waals surface area contributed by atoms with Gasteiger partial charge < -0.3 is 16.5 Å². The van der Waals surface area contributed by atoms with Gasteiger partial charge in [-0.3, -0.25) is 0 Å². The Morgan fingerprint density at radius 1 is 1.00 bits per heavy atom. The first-order valence-electron chi connectivity index (χ1n) is 3.13. The average Bonchev–Trinajstić information content (AvgIpc) is 1.94. The minimum absolute atomic E-state index is 0.00926. The molecule has 0 aromatic carbocycles. The molecule has 0 spiro atoms. The average molecular weight is 250 g/mol. The van der Waals surface area contributed by atoms with E-state index in [4.69, 9.17) is 12.3 Å². The highest BCUT2D eigenvalue weighted by molar-refractivity contribution is 6.73. The van der Waals surface area contributed by atoms with Crippen molar-refractivity contribution in [3.05, 3.63) is 0 Å². The van der Waals surface area contributed by atoms with Gasteiger partial charge in [0, 0.05) is 0 Å². The molecule has 0 aliphatic carbocycles. The van der Waals surface area contributed by atoms with E-state index in [0.717, 1.165) is 0 Å². The molecule has 12 heavy (non-hydrogen) atoms. The van der Waals surface area contributed by atoms with Crippen molar-refractivity contribution in [3.8, 4) is 0 Å². The van der Waals surface area contributed by atoms with Gasteiger partial charge in [-0.05, 0) is 19.6 Å². The van der Waals surface area contributed by atoms with E-state index in [1.54, 1.807) is 0 Å². The normalized spacial score (nSPS) is 12.0. The maximum Gasteiger partial charge on any atom is 0.412 e. The molecule has 0 saturated carbocycles. The molecule has 0 saturated heterocycles. The lowest BCUT2D eigenvalue weighted by Crippen LogP contribution is -2.29. The summed E-state index contributed by atoms with van der Waals surface area (Å²) in [5, 5.41) is 0. The Bertz CT molecular complexity index is 105. The van der Waals surface area contributed by atoms with Gasteiger partial charge in [0.05, 0.1) is 0 Å². The van der Waals surface area contributed by atoms with E-state index in [1.165, 1.54) is 0 Å². The molecule has 0 aliphatic rings. The summed E-state index contributed by atoms with van der Waals surface area (Å²) in [7, 11) is 1.42. The van der Waals surface area contributed by atoms with Crippen LogP contribution in [0, 0.1) is 0 Å². The summed E-state index contributed by atoms with van der Waals surface area (Å²) in [6.45, 7) is 6.32. The summed E-state index contributed by atoms with van der Waals surface area (Å²) in [6, 6.07) is 0. The zero-order valence-electron chi connectivity index (χ0n) is 7.13. The van der Waals surface area contributed by atoms with Gasteiger partial charge in [-0.15, -0.1) is 0 Å². The van der Waals surface area contributed by atoms with Gasteiger partial charge in [-0.25, -0.2) is 0 Å². The molecule has 0 N–H and O–H groups in total. The van der Waals surface area contributed by atoms with E-state index in [2.05, 4.69) is 34.2 Å². The summed E-state index contributed by atoms with van der Waals surface area (Å²) < 4.78 is 19.9. The van der Waals surface area contributed by atoms with Crippen molar-refractivity contribution in [1.82, 2.24) is 0 Å². The molecule has 65 valence electrons. The standard InChI is InChI=1S/C3H9O4Si5/c1-12(2,3)7-11-6-10-5-9-4-8/h1-3H3. The minimum Gasteiger partial charge on any atom is -0.435 e. The number of hydrogen-bond acceptors (Lipinski definition) is 4. The third-order valence-corrected chi connectivity index (χ3v) is 5.01. The molecule has 9 heteroatoms. The molecule has 0 bridgehead atoms. The Morgan fingerprint density at radius 3 is 2.08 bits per heavy atom. The van der Waals surface area contributed by atoms with Crippen LogP contribution in [-0.2, 0) is 16.5 Å². The van der Waals surface area contributed by atoms with Gasteiger partial charge in [0.15, 0.2) is 8.32 Å². The minimum atomic E-state index is -1.43. The highest BCUT2D eigenvalue weighted by Crippen LogP contribution is 1.99. The summed E-state index contributed by atoms with van der Waals surface area (Å²) in [5.41, 5.74) is 0. The second-order valence-electron chi connectivity index (χ2n) is 2.77. The lowest BCUT2D eigenvalue weighted by Gasteiger charge is -2.15. The Morgan fingerprint density at radius 2 is 1.58 bits per heavy atom. The molecule has 0 amide bonds. The zero-order valence-corrected chi connectivity index (χ0v) is 12.1. The third kappa shape index (κ3) is 10.9. The van der Waals surface area contributed by atoms with E-state index in [1.807, 2.05) is 0 Å². The Labute approximate surface area is 85.2 Å². The third-order valence-electron chi connectivity index (χ3n) is 0.556. The van der Waals surface area contributed by atoms with Gasteiger partial charge in [0.1, 0.15) is 0 Å². The first-order chi connectivity index (χ1) is 5.56. The molecular formula is C3H9O4Si5. The largest absolute Gasteiger partial charge is 0.435 e. The molecule has 0 atom stereocenters. The monoisotopic (exact) mass is 249 g/mol. The predicted molar refractivity (Wildman–Crippen MR) is 50.7 cm³/mol. The molecule has 4 nitrogen and oxygen atoms in total. The highest BCUT2D eigenvalue weighted by Gasteiger charge is 2.14. The number of hydrogen-bond donors (Lipinski definition) is 0. The van der Waals surface area contributed by atoms with Gasteiger partial charge in [0.2, 0.25) is 10.5 Å². The number of rotatable bonds is 7. The topological polar surface area (TPSA) is 36.9 Å². The van der Waals surface area contributed by atoms with E-state index in [-0.39, 0.29) is 30.0 Å². The smallest absolute Gasteiger partial charge is 0.412 e. The maximum atomic E-state index is 5.43. The zero-order chi connectivity index (χ0) is 9.45. The van der Waals surface area contributed by atoms with Gasteiger partial charge >= 0.3 is 30.0 Å². The molecule has 0 aromatic rings. The van der Waals surface area contributed by atoms with Crippen LogP contribution in [0.25, 0.3) is 0 Å². The van der Waals surface area contributed by atoms with Crippen LogP contribution in [0.5, 0.6) is 0 Å². The quantitative estimate of drug-likeness (QED) is 0.453. The van der Waals surface area contributed by atoms with Crippen LogP contribution in [-0.4, -0.2) is 48.8 Å². The molecule has 9 radical (unpaired) electrons. The van der Waals surface area contributed by atoms with Gasteiger partial charge in [-0.2, -0.15) is 0 Å². The Kier molecular flexibility index (Phi) is 7.91. The summed E-state index contributed by atoms with van der Waals surface area (Å²) >= 11 is 0. The van der Waals surface area contributed by atoms with Gasteiger partial charge in [-0.1, -0.05) is 0 Å². The SMILES string of the molecule is C[Si](C)(C)O[Si]O[Si]O[Si]O[Si]. The molecule has 0 fully saturated rings. The fourth-order valence-electron chi connectivity index (χ4n) is 0.222. The summed E-state index contributed by atoms with van der Waals surface area (Å²) in [4.78, 5) is 0. The molecule has 0 heterocycles. The summed E-state index contributed by atoms with van der Waals surface area (Å²) in [5.74, 6) is 0. The predicted octanol–water partition coefficient (Wildman–Crippen LogP) is -0.426. The fourth-order valence-corrected chi connectivity index (χ4v) is 3.12. The van der Waals surface area contributed by atoms with Crippen molar-refractivity contribution in [1.29, 1.82) is 0 Å². The van der Waals surface area contributed by atoms with Crippen LogP contribution >= 0.6 is 0 Å². The Hall–Kier alpha value is 0.924. The van der Waals surface area contributed by atoms with Crippen LogP contribution in [0.1, 0.15) is 0 Å². The van der Waals surface area contributed by atoms with Crippen molar-refractivity contribution in [3.63, 3.8) is 0 Å². The molecule has 0 rings (SSSR count).